The highest BCUT2D eigenvalue weighted by Gasteiger charge is 2.23. The highest BCUT2D eigenvalue weighted by atomic mass is 79.9. The number of hydrogen-bond donors (Lipinski definition) is 1. The lowest BCUT2D eigenvalue weighted by Crippen LogP contribution is -2.51. The first-order valence-corrected chi connectivity index (χ1v) is 5.43. The SMILES string of the molecule is Cc1nc(Br)cc(N2CC(=O)NC(=O)C2)n1. The average Bonchev–Trinajstić information content (AvgIpc) is 2.14. The van der Waals surface area contributed by atoms with Crippen LogP contribution in [0.25, 0.3) is 0 Å². The lowest BCUT2D eigenvalue weighted by Gasteiger charge is -2.26. The average molecular weight is 285 g/mol. The first kappa shape index (κ1) is 11.0. The van der Waals surface area contributed by atoms with E-state index in [1.165, 1.54) is 0 Å². The Kier molecular flexibility index (Phi) is 2.86. The predicted molar refractivity (Wildman–Crippen MR) is 59.8 cm³/mol. The lowest BCUT2D eigenvalue weighted by atomic mass is 10.3. The summed E-state index contributed by atoms with van der Waals surface area (Å²) >= 11 is 3.25. The maximum atomic E-state index is 11.2. The van der Waals surface area contributed by atoms with E-state index in [4.69, 9.17) is 0 Å². The van der Waals surface area contributed by atoms with Crippen molar-refractivity contribution in [2.45, 2.75) is 6.92 Å². The third-order valence-electron chi connectivity index (χ3n) is 2.06. The zero-order valence-electron chi connectivity index (χ0n) is 8.53. The summed E-state index contributed by atoms with van der Waals surface area (Å²) in [5.41, 5.74) is 0. The number of carbonyl (C=O) groups is 2. The maximum absolute atomic E-state index is 11.2. The van der Waals surface area contributed by atoms with Gasteiger partial charge in [-0.25, -0.2) is 9.97 Å². The monoisotopic (exact) mass is 284 g/mol. The van der Waals surface area contributed by atoms with Crippen molar-refractivity contribution in [3.05, 3.63) is 16.5 Å². The number of aryl methyl sites for hydroxylation is 1. The molecule has 1 fully saturated rings. The van der Waals surface area contributed by atoms with Crippen LogP contribution in [0.15, 0.2) is 10.7 Å². The number of anilines is 1. The highest BCUT2D eigenvalue weighted by molar-refractivity contribution is 9.10. The molecule has 0 unspecified atom stereocenters. The van der Waals surface area contributed by atoms with Gasteiger partial charge in [-0.2, -0.15) is 0 Å². The van der Waals surface area contributed by atoms with Crippen LogP contribution < -0.4 is 10.2 Å². The Morgan fingerprint density at radius 2 is 1.94 bits per heavy atom. The zero-order chi connectivity index (χ0) is 11.7. The van der Waals surface area contributed by atoms with Crippen LogP contribution >= 0.6 is 15.9 Å². The summed E-state index contributed by atoms with van der Waals surface area (Å²) in [6.45, 7) is 2.02. The van der Waals surface area contributed by atoms with Crippen LogP contribution in [0.3, 0.4) is 0 Å². The smallest absolute Gasteiger partial charge is 0.246 e. The van der Waals surface area contributed by atoms with Gasteiger partial charge in [0.2, 0.25) is 11.8 Å². The molecule has 1 aromatic heterocycles. The molecule has 0 saturated carbocycles. The van der Waals surface area contributed by atoms with Gasteiger partial charge in [0.25, 0.3) is 0 Å². The van der Waals surface area contributed by atoms with Crippen molar-refractivity contribution in [1.29, 1.82) is 0 Å². The molecule has 1 aliphatic rings. The Balaban J connectivity index is 2.29. The Morgan fingerprint density at radius 1 is 1.31 bits per heavy atom. The molecule has 1 aliphatic heterocycles. The molecule has 0 aromatic carbocycles. The van der Waals surface area contributed by atoms with Gasteiger partial charge in [-0.05, 0) is 22.9 Å². The topological polar surface area (TPSA) is 75.2 Å². The number of imide groups is 1. The number of aromatic nitrogens is 2. The van der Waals surface area contributed by atoms with Crippen LogP contribution in [-0.4, -0.2) is 34.9 Å². The normalized spacial score (nSPS) is 16.2. The van der Waals surface area contributed by atoms with Gasteiger partial charge in [0, 0.05) is 6.07 Å². The molecule has 0 spiro atoms. The van der Waals surface area contributed by atoms with Crippen LogP contribution in [0.2, 0.25) is 0 Å². The minimum absolute atomic E-state index is 0.134. The van der Waals surface area contributed by atoms with Gasteiger partial charge >= 0.3 is 0 Å². The van der Waals surface area contributed by atoms with Crippen LogP contribution in [-0.2, 0) is 9.59 Å². The molecule has 2 heterocycles. The number of piperazine rings is 1. The fraction of sp³-hybridized carbons (Fsp3) is 0.333. The van der Waals surface area contributed by atoms with Gasteiger partial charge < -0.3 is 4.90 Å². The number of nitrogens with one attached hydrogen (secondary N) is 1. The summed E-state index contributed by atoms with van der Waals surface area (Å²) in [5, 5.41) is 2.23. The molecular weight excluding hydrogens is 276 g/mol. The van der Waals surface area contributed by atoms with Crippen molar-refractivity contribution < 1.29 is 9.59 Å². The van der Waals surface area contributed by atoms with E-state index in [9.17, 15) is 9.59 Å². The van der Waals surface area contributed by atoms with Crippen LogP contribution in [0, 0.1) is 6.92 Å². The first-order valence-electron chi connectivity index (χ1n) is 4.63. The summed E-state index contributed by atoms with van der Waals surface area (Å²) < 4.78 is 0.633. The number of amides is 2. The molecular formula is C9H9BrN4O2. The minimum atomic E-state index is -0.316. The molecule has 7 heteroatoms. The Bertz CT molecular complexity index is 427. The first-order chi connectivity index (χ1) is 7.54. The molecule has 1 saturated heterocycles. The summed E-state index contributed by atoms with van der Waals surface area (Å²) in [5.74, 6) is 0.526. The molecule has 0 bridgehead atoms. The van der Waals surface area contributed by atoms with Crippen molar-refractivity contribution in [2.24, 2.45) is 0 Å². The lowest BCUT2D eigenvalue weighted by molar-refractivity contribution is -0.130. The fourth-order valence-corrected chi connectivity index (χ4v) is 1.94. The number of rotatable bonds is 1. The summed E-state index contributed by atoms with van der Waals surface area (Å²) in [7, 11) is 0. The van der Waals surface area contributed by atoms with Gasteiger partial charge in [0.1, 0.15) is 16.2 Å². The molecule has 2 rings (SSSR count). The van der Waals surface area contributed by atoms with Gasteiger partial charge in [-0.1, -0.05) is 0 Å². The van der Waals surface area contributed by atoms with Crippen LogP contribution in [0.4, 0.5) is 5.82 Å². The van der Waals surface area contributed by atoms with E-state index >= 15 is 0 Å². The van der Waals surface area contributed by atoms with E-state index in [-0.39, 0.29) is 24.9 Å². The molecule has 0 radical (unpaired) electrons. The van der Waals surface area contributed by atoms with Crippen molar-refractivity contribution in [1.82, 2.24) is 15.3 Å². The van der Waals surface area contributed by atoms with Crippen LogP contribution in [0.5, 0.6) is 0 Å². The number of carbonyl (C=O) groups excluding carboxylic acids is 2. The van der Waals surface area contributed by atoms with Gasteiger partial charge in [0.15, 0.2) is 0 Å². The summed E-state index contributed by atoms with van der Waals surface area (Å²) in [4.78, 5) is 32.2. The van der Waals surface area contributed by atoms with E-state index in [2.05, 4.69) is 31.2 Å². The van der Waals surface area contributed by atoms with E-state index in [0.29, 0.717) is 16.2 Å². The third-order valence-corrected chi connectivity index (χ3v) is 2.47. The van der Waals surface area contributed by atoms with Crippen molar-refractivity contribution >= 4 is 33.6 Å². The highest BCUT2D eigenvalue weighted by Crippen LogP contribution is 2.16. The molecule has 16 heavy (non-hydrogen) atoms. The Hall–Kier alpha value is -1.50. The number of halogens is 1. The van der Waals surface area contributed by atoms with Gasteiger partial charge in [-0.15, -0.1) is 0 Å². The van der Waals surface area contributed by atoms with Gasteiger partial charge in [0.05, 0.1) is 13.1 Å². The second kappa shape index (κ2) is 4.17. The quantitative estimate of drug-likeness (QED) is 0.581. The second-order valence-corrected chi connectivity index (χ2v) is 4.24. The second-order valence-electron chi connectivity index (χ2n) is 3.42. The number of nitrogens with zero attached hydrogens (tertiary/aromatic N) is 3. The predicted octanol–water partition coefficient (Wildman–Crippen LogP) is 0.0103. The van der Waals surface area contributed by atoms with Gasteiger partial charge in [-0.3, -0.25) is 14.9 Å². The standard InChI is InChI=1S/C9H9BrN4O2/c1-5-11-6(10)2-7(12-5)14-3-8(15)13-9(16)4-14/h2H,3-4H2,1H3,(H,13,15,16). The summed E-state index contributed by atoms with van der Waals surface area (Å²) in [6.07, 6.45) is 0. The maximum Gasteiger partial charge on any atom is 0.246 e. The summed E-state index contributed by atoms with van der Waals surface area (Å²) in [6, 6.07) is 1.68. The van der Waals surface area contributed by atoms with E-state index < -0.39 is 0 Å². The molecule has 84 valence electrons. The van der Waals surface area contributed by atoms with Crippen molar-refractivity contribution in [3.8, 4) is 0 Å². The van der Waals surface area contributed by atoms with Crippen LogP contribution in [0.1, 0.15) is 5.82 Å². The van der Waals surface area contributed by atoms with E-state index in [1.54, 1.807) is 17.9 Å². The van der Waals surface area contributed by atoms with E-state index in [1.807, 2.05) is 0 Å². The fourth-order valence-electron chi connectivity index (χ4n) is 1.48. The third kappa shape index (κ3) is 2.35. The largest absolute Gasteiger partial charge is 0.338 e. The molecule has 0 atom stereocenters. The molecule has 1 N–H and O–H groups in total. The molecule has 6 nitrogen and oxygen atoms in total. The Morgan fingerprint density at radius 3 is 2.50 bits per heavy atom. The Labute approximate surface area is 100 Å². The van der Waals surface area contributed by atoms with Crippen molar-refractivity contribution in [2.75, 3.05) is 18.0 Å². The molecule has 1 aromatic rings. The zero-order valence-corrected chi connectivity index (χ0v) is 10.1. The molecule has 0 aliphatic carbocycles. The minimum Gasteiger partial charge on any atom is -0.338 e. The van der Waals surface area contributed by atoms with E-state index in [0.717, 1.165) is 0 Å². The number of hydrogen-bond acceptors (Lipinski definition) is 5. The van der Waals surface area contributed by atoms with Crippen molar-refractivity contribution in [3.63, 3.8) is 0 Å². The molecule has 2 amide bonds.